The summed E-state index contributed by atoms with van der Waals surface area (Å²) in [5.41, 5.74) is 1.21. The van der Waals surface area contributed by atoms with Gasteiger partial charge in [0, 0.05) is 18.1 Å². The highest BCUT2D eigenvalue weighted by molar-refractivity contribution is 6.30. The van der Waals surface area contributed by atoms with Crippen molar-refractivity contribution in [1.29, 1.82) is 0 Å². The van der Waals surface area contributed by atoms with Crippen molar-refractivity contribution in [2.75, 3.05) is 0 Å². The molecule has 90 valence electrons. The van der Waals surface area contributed by atoms with Gasteiger partial charge in [-0.3, -0.25) is 0 Å². The van der Waals surface area contributed by atoms with E-state index in [1.165, 1.54) is 5.56 Å². The van der Waals surface area contributed by atoms with Crippen molar-refractivity contribution in [2.24, 2.45) is 7.05 Å². The summed E-state index contributed by atoms with van der Waals surface area (Å²) in [6.45, 7) is 2.81. The lowest BCUT2D eigenvalue weighted by atomic mass is 10.1. The molecular weight excluding hydrogens is 236 g/mol. The molecular formula is C12H15ClN4. The standard InChI is InChI=1S/C12H15ClN4/c1-9(10-3-5-11(13)6-4-10)14-7-12-16-15-8-17(12)2/h3-6,8-9,14H,7H2,1-2H3/t9-/m1/s1. The van der Waals surface area contributed by atoms with Crippen molar-refractivity contribution >= 4 is 11.6 Å². The molecule has 17 heavy (non-hydrogen) atoms. The van der Waals surface area contributed by atoms with Gasteiger partial charge >= 0.3 is 0 Å². The second-order valence-corrected chi connectivity index (χ2v) is 4.45. The third-order valence-corrected chi connectivity index (χ3v) is 2.99. The second kappa shape index (κ2) is 5.29. The normalized spacial score (nSPS) is 12.6. The third-order valence-electron chi connectivity index (χ3n) is 2.74. The lowest BCUT2D eigenvalue weighted by Gasteiger charge is -2.13. The summed E-state index contributed by atoms with van der Waals surface area (Å²) in [6, 6.07) is 8.10. The predicted octanol–water partition coefficient (Wildman–Crippen LogP) is 2.32. The Morgan fingerprint density at radius 3 is 2.65 bits per heavy atom. The summed E-state index contributed by atoms with van der Waals surface area (Å²) in [5, 5.41) is 12.0. The number of hydrogen-bond acceptors (Lipinski definition) is 3. The minimum Gasteiger partial charge on any atom is -0.320 e. The molecule has 0 aliphatic heterocycles. The zero-order valence-corrected chi connectivity index (χ0v) is 10.6. The molecule has 0 saturated heterocycles. The zero-order valence-electron chi connectivity index (χ0n) is 9.89. The van der Waals surface area contributed by atoms with E-state index in [4.69, 9.17) is 11.6 Å². The highest BCUT2D eigenvalue weighted by Crippen LogP contribution is 2.16. The lowest BCUT2D eigenvalue weighted by Crippen LogP contribution is -2.20. The molecule has 2 aromatic rings. The maximum atomic E-state index is 5.85. The van der Waals surface area contributed by atoms with Crippen LogP contribution in [0.5, 0.6) is 0 Å². The highest BCUT2D eigenvalue weighted by atomic mass is 35.5. The molecule has 0 amide bonds. The van der Waals surface area contributed by atoms with Gasteiger partial charge in [0.1, 0.15) is 12.2 Å². The summed E-state index contributed by atoms with van der Waals surface area (Å²) in [5.74, 6) is 0.922. The number of nitrogens with one attached hydrogen (secondary N) is 1. The fourth-order valence-electron chi connectivity index (χ4n) is 1.58. The van der Waals surface area contributed by atoms with E-state index in [2.05, 4.69) is 22.4 Å². The van der Waals surface area contributed by atoms with Crippen molar-refractivity contribution in [2.45, 2.75) is 19.5 Å². The number of benzene rings is 1. The van der Waals surface area contributed by atoms with Crippen LogP contribution in [0.4, 0.5) is 0 Å². The van der Waals surface area contributed by atoms with E-state index in [9.17, 15) is 0 Å². The van der Waals surface area contributed by atoms with Gasteiger partial charge in [0.15, 0.2) is 0 Å². The topological polar surface area (TPSA) is 42.7 Å². The van der Waals surface area contributed by atoms with E-state index >= 15 is 0 Å². The first kappa shape index (κ1) is 12.1. The zero-order chi connectivity index (χ0) is 12.3. The van der Waals surface area contributed by atoms with E-state index in [-0.39, 0.29) is 6.04 Å². The largest absolute Gasteiger partial charge is 0.320 e. The monoisotopic (exact) mass is 250 g/mol. The van der Waals surface area contributed by atoms with E-state index in [1.807, 2.05) is 35.9 Å². The molecule has 0 aliphatic rings. The molecule has 0 fully saturated rings. The summed E-state index contributed by atoms with van der Waals surface area (Å²) in [7, 11) is 1.93. The Morgan fingerprint density at radius 1 is 1.35 bits per heavy atom. The van der Waals surface area contributed by atoms with Crippen molar-refractivity contribution in [1.82, 2.24) is 20.1 Å². The molecule has 1 heterocycles. The van der Waals surface area contributed by atoms with Crippen LogP contribution in [-0.2, 0) is 13.6 Å². The van der Waals surface area contributed by atoms with Crippen LogP contribution in [0.2, 0.25) is 5.02 Å². The molecule has 1 aromatic heterocycles. The average Bonchev–Trinajstić information content (AvgIpc) is 2.73. The molecule has 2 rings (SSSR count). The SMILES string of the molecule is C[C@@H](NCc1nncn1C)c1ccc(Cl)cc1. The third kappa shape index (κ3) is 3.05. The van der Waals surface area contributed by atoms with Gasteiger partial charge in [-0.25, -0.2) is 0 Å². The van der Waals surface area contributed by atoms with Gasteiger partial charge in [-0.1, -0.05) is 23.7 Å². The fraction of sp³-hybridized carbons (Fsp3) is 0.333. The molecule has 4 nitrogen and oxygen atoms in total. The van der Waals surface area contributed by atoms with E-state index in [0.29, 0.717) is 6.54 Å². The molecule has 0 bridgehead atoms. The maximum Gasteiger partial charge on any atom is 0.146 e. The smallest absolute Gasteiger partial charge is 0.146 e. The Bertz CT molecular complexity index is 478. The van der Waals surface area contributed by atoms with Crippen LogP contribution in [0, 0.1) is 0 Å². The summed E-state index contributed by atoms with van der Waals surface area (Å²) in [4.78, 5) is 0. The predicted molar refractivity (Wildman–Crippen MR) is 67.7 cm³/mol. The first-order valence-electron chi connectivity index (χ1n) is 5.48. The molecule has 1 aromatic carbocycles. The van der Waals surface area contributed by atoms with Gasteiger partial charge in [-0.2, -0.15) is 0 Å². The Labute approximate surface area is 106 Å². The van der Waals surface area contributed by atoms with Crippen LogP contribution in [0.3, 0.4) is 0 Å². The van der Waals surface area contributed by atoms with E-state index in [0.717, 1.165) is 10.8 Å². The number of aromatic nitrogens is 3. The molecule has 1 N–H and O–H groups in total. The first-order valence-corrected chi connectivity index (χ1v) is 5.86. The summed E-state index contributed by atoms with van der Waals surface area (Å²) in [6.07, 6.45) is 1.70. The molecule has 0 radical (unpaired) electrons. The van der Waals surface area contributed by atoms with E-state index in [1.54, 1.807) is 6.33 Å². The number of rotatable bonds is 4. The minimum atomic E-state index is 0.254. The van der Waals surface area contributed by atoms with Gasteiger partial charge in [-0.05, 0) is 24.6 Å². The van der Waals surface area contributed by atoms with Gasteiger partial charge in [0.2, 0.25) is 0 Å². The van der Waals surface area contributed by atoms with Crippen molar-refractivity contribution in [3.8, 4) is 0 Å². The Hall–Kier alpha value is -1.39. The van der Waals surface area contributed by atoms with Crippen LogP contribution in [0.25, 0.3) is 0 Å². The number of hydrogen-bond donors (Lipinski definition) is 1. The molecule has 0 aliphatic carbocycles. The van der Waals surface area contributed by atoms with E-state index < -0.39 is 0 Å². The molecule has 0 unspecified atom stereocenters. The van der Waals surface area contributed by atoms with Crippen LogP contribution < -0.4 is 5.32 Å². The van der Waals surface area contributed by atoms with Crippen LogP contribution in [0.15, 0.2) is 30.6 Å². The van der Waals surface area contributed by atoms with Gasteiger partial charge in [0.05, 0.1) is 6.54 Å². The number of halogens is 1. The molecule has 1 atom stereocenters. The highest BCUT2D eigenvalue weighted by Gasteiger charge is 2.06. The second-order valence-electron chi connectivity index (χ2n) is 4.01. The first-order chi connectivity index (χ1) is 8.16. The average molecular weight is 251 g/mol. The quantitative estimate of drug-likeness (QED) is 0.906. The molecule has 0 spiro atoms. The van der Waals surface area contributed by atoms with Crippen LogP contribution >= 0.6 is 11.6 Å². The summed E-state index contributed by atoms with van der Waals surface area (Å²) < 4.78 is 1.90. The summed E-state index contributed by atoms with van der Waals surface area (Å²) >= 11 is 5.85. The van der Waals surface area contributed by atoms with Crippen LogP contribution in [-0.4, -0.2) is 14.8 Å². The van der Waals surface area contributed by atoms with Crippen LogP contribution in [0.1, 0.15) is 24.4 Å². The number of aryl methyl sites for hydroxylation is 1. The number of nitrogens with zero attached hydrogens (tertiary/aromatic N) is 3. The Morgan fingerprint density at radius 2 is 2.06 bits per heavy atom. The minimum absolute atomic E-state index is 0.254. The Kier molecular flexibility index (Phi) is 3.76. The van der Waals surface area contributed by atoms with Crippen molar-refractivity contribution in [3.63, 3.8) is 0 Å². The lowest BCUT2D eigenvalue weighted by molar-refractivity contribution is 0.548. The van der Waals surface area contributed by atoms with Crippen molar-refractivity contribution < 1.29 is 0 Å². The molecule has 0 saturated carbocycles. The fourth-order valence-corrected chi connectivity index (χ4v) is 1.71. The van der Waals surface area contributed by atoms with Gasteiger partial charge < -0.3 is 9.88 Å². The maximum absolute atomic E-state index is 5.85. The van der Waals surface area contributed by atoms with Gasteiger partial charge in [0.25, 0.3) is 0 Å². The van der Waals surface area contributed by atoms with Gasteiger partial charge in [-0.15, -0.1) is 10.2 Å². The molecule has 5 heteroatoms. The Balaban J connectivity index is 1.95. The van der Waals surface area contributed by atoms with Crippen molar-refractivity contribution in [3.05, 3.63) is 47.0 Å².